The Kier molecular flexibility index (Phi) is 4.45. The molecular formula is C16H26O2Si. The number of hydrogen-bond acceptors (Lipinski definition) is 2. The highest BCUT2D eigenvalue weighted by Crippen LogP contribution is 2.28. The van der Waals surface area contributed by atoms with E-state index in [1.807, 2.05) is 24.3 Å². The summed E-state index contributed by atoms with van der Waals surface area (Å²) in [4.78, 5) is 0. The molecule has 1 rings (SSSR count). The molecule has 3 heteroatoms. The van der Waals surface area contributed by atoms with E-state index in [2.05, 4.69) is 25.2 Å². The fourth-order valence-electron chi connectivity index (χ4n) is 2.49. The van der Waals surface area contributed by atoms with Gasteiger partial charge in [-0.1, -0.05) is 54.7 Å². The molecule has 0 bridgehead atoms. The molecule has 1 aromatic rings. The van der Waals surface area contributed by atoms with Crippen LogP contribution in [0.25, 0.3) is 0 Å². The van der Waals surface area contributed by atoms with E-state index in [9.17, 15) is 10.2 Å². The van der Waals surface area contributed by atoms with Crippen LogP contribution in [0.1, 0.15) is 27.7 Å². The van der Waals surface area contributed by atoms with Crippen molar-refractivity contribution >= 4 is 13.3 Å². The maximum absolute atomic E-state index is 10.5. The summed E-state index contributed by atoms with van der Waals surface area (Å²) < 4.78 is 0. The third kappa shape index (κ3) is 4.30. The SMILES string of the molecule is CC(C)(O)/C=C(/C(C)(C)O)[Si](C)(C)c1ccccc1. The Hall–Kier alpha value is -0.903. The molecule has 2 nitrogen and oxygen atoms in total. The van der Waals surface area contributed by atoms with E-state index in [4.69, 9.17) is 0 Å². The zero-order valence-corrected chi connectivity index (χ0v) is 13.9. The Balaban J connectivity index is 3.38. The molecule has 1 aromatic carbocycles. The molecule has 0 spiro atoms. The minimum Gasteiger partial charge on any atom is -0.386 e. The first kappa shape index (κ1) is 16.2. The van der Waals surface area contributed by atoms with Crippen LogP contribution in [0.4, 0.5) is 0 Å². The van der Waals surface area contributed by atoms with Gasteiger partial charge in [0, 0.05) is 0 Å². The van der Waals surface area contributed by atoms with Crippen molar-refractivity contribution in [1.29, 1.82) is 0 Å². The first-order valence-electron chi connectivity index (χ1n) is 6.69. The molecule has 0 saturated heterocycles. The van der Waals surface area contributed by atoms with Gasteiger partial charge in [0.25, 0.3) is 0 Å². The van der Waals surface area contributed by atoms with Crippen LogP contribution in [0.15, 0.2) is 41.6 Å². The number of benzene rings is 1. The summed E-state index contributed by atoms with van der Waals surface area (Å²) in [5, 5.41) is 22.8. The normalized spacial score (nSPS) is 14.6. The lowest BCUT2D eigenvalue weighted by molar-refractivity contribution is 0.110. The Morgan fingerprint density at radius 1 is 1.00 bits per heavy atom. The lowest BCUT2D eigenvalue weighted by Crippen LogP contribution is -2.51. The molecule has 0 amide bonds. The summed E-state index contributed by atoms with van der Waals surface area (Å²) in [5.74, 6) is 0. The van der Waals surface area contributed by atoms with Crippen LogP contribution in [0.5, 0.6) is 0 Å². The molecule has 0 aliphatic rings. The molecule has 0 radical (unpaired) electrons. The predicted molar refractivity (Wildman–Crippen MR) is 84.2 cm³/mol. The highest BCUT2D eigenvalue weighted by molar-refractivity contribution is 6.96. The lowest BCUT2D eigenvalue weighted by atomic mass is 10.0. The highest BCUT2D eigenvalue weighted by atomic mass is 28.3. The van der Waals surface area contributed by atoms with Crippen LogP contribution >= 0.6 is 0 Å². The van der Waals surface area contributed by atoms with Gasteiger partial charge in [0.1, 0.15) is 8.07 Å². The van der Waals surface area contributed by atoms with Crippen molar-refractivity contribution in [2.75, 3.05) is 0 Å². The Bertz CT molecular complexity index is 448. The highest BCUT2D eigenvalue weighted by Gasteiger charge is 2.37. The summed E-state index contributed by atoms with van der Waals surface area (Å²) in [5.41, 5.74) is -1.85. The molecule has 2 N–H and O–H groups in total. The minimum atomic E-state index is -2.00. The summed E-state index contributed by atoms with van der Waals surface area (Å²) in [6.07, 6.45) is 1.83. The van der Waals surface area contributed by atoms with Crippen LogP contribution in [0, 0.1) is 0 Å². The van der Waals surface area contributed by atoms with Gasteiger partial charge >= 0.3 is 0 Å². The summed E-state index contributed by atoms with van der Waals surface area (Å²) >= 11 is 0. The molecule has 0 saturated carbocycles. The summed E-state index contributed by atoms with van der Waals surface area (Å²) in [6, 6.07) is 10.3. The van der Waals surface area contributed by atoms with Crippen LogP contribution in [-0.4, -0.2) is 29.5 Å². The van der Waals surface area contributed by atoms with Gasteiger partial charge in [-0.05, 0) is 32.9 Å². The molecule has 0 aliphatic carbocycles. The quantitative estimate of drug-likeness (QED) is 0.831. The van der Waals surface area contributed by atoms with Gasteiger partial charge in [0.2, 0.25) is 0 Å². The Morgan fingerprint density at radius 2 is 1.47 bits per heavy atom. The van der Waals surface area contributed by atoms with Crippen LogP contribution in [0.3, 0.4) is 0 Å². The third-order valence-electron chi connectivity index (χ3n) is 3.33. The average molecular weight is 278 g/mol. The first-order chi connectivity index (χ1) is 8.44. The van der Waals surface area contributed by atoms with E-state index < -0.39 is 19.3 Å². The topological polar surface area (TPSA) is 40.5 Å². The predicted octanol–water partition coefficient (Wildman–Crippen LogP) is 2.61. The van der Waals surface area contributed by atoms with Gasteiger partial charge in [-0.2, -0.15) is 0 Å². The molecule has 106 valence electrons. The van der Waals surface area contributed by atoms with E-state index >= 15 is 0 Å². The lowest BCUT2D eigenvalue weighted by Gasteiger charge is -2.36. The van der Waals surface area contributed by atoms with Gasteiger partial charge in [-0.3, -0.25) is 0 Å². The molecule has 0 aromatic heterocycles. The van der Waals surface area contributed by atoms with E-state index in [1.165, 1.54) is 5.19 Å². The van der Waals surface area contributed by atoms with E-state index in [1.54, 1.807) is 27.7 Å². The molecule has 0 fully saturated rings. The van der Waals surface area contributed by atoms with Crippen LogP contribution in [-0.2, 0) is 0 Å². The number of hydrogen-bond donors (Lipinski definition) is 2. The zero-order chi connectivity index (χ0) is 14.9. The molecule has 19 heavy (non-hydrogen) atoms. The maximum atomic E-state index is 10.5. The van der Waals surface area contributed by atoms with Crippen LogP contribution in [0.2, 0.25) is 13.1 Å². The smallest absolute Gasteiger partial charge is 0.110 e. The number of rotatable bonds is 4. The van der Waals surface area contributed by atoms with Crippen molar-refractivity contribution in [3.05, 3.63) is 41.6 Å². The van der Waals surface area contributed by atoms with Gasteiger partial charge in [-0.25, -0.2) is 0 Å². The summed E-state index contributed by atoms with van der Waals surface area (Å²) in [6.45, 7) is 11.5. The largest absolute Gasteiger partial charge is 0.386 e. The number of aliphatic hydroxyl groups is 2. The second-order valence-corrected chi connectivity index (χ2v) is 11.1. The second kappa shape index (κ2) is 5.23. The van der Waals surface area contributed by atoms with E-state index in [0.717, 1.165) is 5.20 Å². The molecule has 0 atom stereocenters. The average Bonchev–Trinajstić information content (AvgIpc) is 2.24. The minimum absolute atomic E-state index is 0.922. The van der Waals surface area contributed by atoms with Crippen LogP contribution < -0.4 is 5.19 Å². The van der Waals surface area contributed by atoms with Crippen molar-refractivity contribution in [3.63, 3.8) is 0 Å². The molecular weight excluding hydrogens is 252 g/mol. The fourth-order valence-corrected chi connectivity index (χ4v) is 6.07. The maximum Gasteiger partial charge on any atom is 0.110 e. The van der Waals surface area contributed by atoms with Gasteiger partial charge < -0.3 is 10.2 Å². The van der Waals surface area contributed by atoms with Crippen molar-refractivity contribution in [2.24, 2.45) is 0 Å². The molecule has 0 heterocycles. The zero-order valence-electron chi connectivity index (χ0n) is 12.9. The van der Waals surface area contributed by atoms with Crippen molar-refractivity contribution in [3.8, 4) is 0 Å². The molecule has 0 aliphatic heterocycles. The molecule has 0 unspecified atom stereocenters. The van der Waals surface area contributed by atoms with Crippen molar-refractivity contribution in [1.82, 2.24) is 0 Å². The van der Waals surface area contributed by atoms with Crippen molar-refractivity contribution < 1.29 is 10.2 Å². The Morgan fingerprint density at radius 3 is 1.84 bits per heavy atom. The third-order valence-corrected chi connectivity index (χ3v) is 7.21. The first-order valence-corrected chi connectivity index (χ1v) is 9.69. The van der Waals surface area contributed by atoms with Gasteiger partial charge in [0.15, 0.2) is 0 Å². The Labute approximate surface area is 117 Å². The monoisotopic (exact) mass is 278 g/mol. The second-order valence-electron chi connectivity index (χ2n) is 6.76. The van der Waals surface area contributed by atoms with E-state index in [-0.39, 0.29) is 0 Å². The standard InChI is InChI=1S/C16H26O2Si/c1-15(2,17)12-14(16(3,4)18)19(5,6)13-10-8-7-9-11-13/h7-12,17-18H,1-6H3/b14-12-. The van der Waals surface area contributed by atoms with Gasteiger partial charge in [0.05, 0.1) is 11.2 Å². The van der Waals surface area contributed by atoms with Gasteiger partial charge in [-0.15, -0.1) is 0 Å². The summed E-state index contributed by atoms with van der Waals surface area (Å²) in [7, 11) is -2.00. The van der Waals surface area contributed by atoms with E-state index in [0.29, 0.717) is 0 Å². The van der Waals surface area contributed by atoms with Crippen molar-refractivity contribution in [2.45, 2.75) is 52.0 Å². The fraction of sp³-hybridized carbons (Fsp3) is 0.500.